The van der Waals surface area contributed by atoms with Gasteiger partial charge in [-0.05, 0) is 30.5 Å². The molecule has 2 aliphatic rings. The standard InChI is InChI=1S/C20H25N3O4/c1-25-17-6-2-15(3-7-17)12-23(16-4-5-16)13-19-21-18(14-27-19)20(24)22-8-10-26-11-9-22/h2-3,6-7,14,16H,4-5,8-13H2,1H3. The first-order chi connectivity index (χ1) is 13.2. The van der Waals surface area contributed by atoms with Crippen LogP contribution in [0.1, 0.15) is 34.8 Å². The molecule has 1 aromatic carbocycles. The molecular weight excluding hydrogens is 346 g/mol. The van der Waals surface area contributed by atoms with E-state index in [1.165, 1.54) is 24.7 Å². The van der Waals surface area contributed by atoms with Gasteiger partial charge in [-0.3, -0.25) is 9.69 Å². The molecule has 1 aliphatic carbocycles. The van der Waals surface area contributed by atoms with E-state index in [4.69, 9.17) is 13.9 Å². The molecule has 2 fully saturated rings. The third-order valence-electron chi connectivity index (χ3n) is 5.02. The maximum Gasteiger partial charge on any atom is 0.275 e. The zero-order chi connectivity index (χ0) is 18.6. The fourth-order valence-corrected chi connectivity index (χ4v) is 3.30. The van der Waals surface area contributed by atoms with Crippen LogP contribution < -0.4 is 4.74 Å². The molecule has 144 valence electrons. The van der Waals surface area contributed by atoms with Crippen LogP contribution in [0.15, 0.2) is 34.9 Å². The van der Waals surface area contributed by atoms with Crippen molar-refractivity contribution >= 4 is 5.91 Å². The molecule has 27 heavy (non-hydrogen) atoms. The largest absolute Gasteiger partial charge is 0.497 e. The van der Waals surface area contributed by atoms with Crippen molar-refractivity contribution in [2.45, 2.75) is 32.0 Å². The van der Waals surface area contributed by atoms with Crippen molar-refractivity contribution in [1.29, 1.82) is 0 Å². The SMILES string of the molecule is COc1ccc(CN(Cc2nc(C(=O)N3CCOCC3)co2)C2CC2)cc1. The van der Waals surface area contributed by atoms with Crippen molar-refractivity contribution in [1.82, 2.24) is 14.8 Å². The Labute approximate surface area is 158 Å². The number of morpholine rings is 1. The first-order valence-electron chi connectivity index (χ1n) is 9.41. The molecule has 4 rings (SSSR count). The molecule has 0 atom stereocenters. The molecule has 0 bridgehead atoms. The van der Waals surface area contributed by atoms with Gasteiger partial charge < -0.3 is 18.8 Å². The first kappa shape index (κ1) is 18.0. The highest BCUT2D eigenvalue weighted by atomic mass is 16.5. The lowest BCUT2D eigenvalue weighted by atomic mass is 10.2. The number of oxazole rings is 1. The topological polar surface area (TPSA) is 68.0 Å². The molecule has 0 unspecified atom stereocenters. The lowest BCUT2D eigenvalue weighted by Crippen LogP contribution is -2.40. The molecule has 7 heteroatoms. The number of hydrogen-bond acceptors (Lipinski definition) is 6. The average molecular weight is 371 g/mol. The lowest BCUT2D eigenvalue weighted by Gasteiger charge is -2.25. The zero-order valence-electron chi connectivity index (χ0n) is 15.6. The Morgan fingerprint density at radius 3 is 2.63 bits per heavy atom. The van der Waals surface area contributed by atoms with Gasteiger partial charge in [-0.15, -0.1) is 0 Å². The maximum atomic E-state index is 12.5. The highest BCUT2D eigenvalue weighted by Gasteiger charge is 2.30. The summed E-state index contributed by atoms with van der Waals surface area (Å²) in [4.78, 5) is 21.1. The van der Waals surface area contributed by atoms with Crippen LogP contribution in [0, 0.1) is 0 Å². The predicted molar refractivity (Wildman–Crippen MR) is 98.5 cm³/mol. The molecule has 1 saturated carbocycles. The monoisotopic (exact) mass is 371 g/mol. The summed E-state index contributed by atoms with van der Waals surface area (Å²) in [7, 11) is 1.67. The van der Waals surface area contributed by atoms with E-state index in [1.807, 2.05) is 12.1 Å². The molecule has 1 saturated heterocycles. The number of amides is 1. The number of nitrogens with zero attached hydrogens (tertiary/aromatic N) is 3. The Morgan fingerprint density at radius 1 is 1.22 bits per heavy atom. The Kier molecular flexibility index (Phi) is 5.40. The highest BCUT2D eigenvalue weighted by molar-refractivity contribution is 5.92. The number of carbonyl (C=O) groups is 1. The number of aromatic nitrogens is 1. The number of rotatable bonds is 7. The van der Waals surface area contributed by atoms with Crippen LogP contribution in [0.5, 0.6) is 5.75 Å². The Morgan fingerprint density at radius 2 is 1.96 bits per heavy atom. The van der Waals surface area contributed by atoms with Crippen LogP contribution in [-0.4, -0.2) is 60.1 Å². The summed E-state index contributed by atoms with van der Waals surface area (Å²) in [6, 6.07) is 8.67. The average Bonchev–Trinajstić information content (AvgIpc) is 3.47. The van der Waals surface area contributed by atoms with E-state index >= 15 is 0 Å². The van der Waals surface area contributed by atoms with Gasteiger partial charge in [0.2, 0.25) is 5.89 Å². The van der Waals surface area contributed by atoms with Gasteiger partial charge in [0.1, 0.15) is 12.0 Å². The van der Waals surface area contributed by atoms with Crippen molar-refractivity contribution in [2.24, 2.45) is 0 Å². The van der Waals surface area contributed by atoms with E-state index in [9.17, 15) is 4.79 Å². The smallest absolute Gasteiger partial charge is 0.275 e. The molecule has 0 radical (unpaired) electrons. The second kappa shape index (κ2) is 8.10. The minimum absolute atomic E-state index is 0.0820. The van der Waals surface area contributed by atoms with Gasteiger partial charge in [0.05, 0.1) is 26.9 Å². The molecule has 1 amide bonds. The van der Waals surface area contributed by atoms with Gasteiger partial charge in [0, 0.05) is 25.7 Å². The summed E-state index contributed by atoms with van der Waals surface area (Å²) in [6.45, 7) is 3.79. The maximum absolute atomic E-state index is 12.5. The van der Waals surface area contributed by atoms with Crippen molar-refractivity contribution in [3.05, 3.63) is 47.7 Å². The molecule has 2 heterocycles. The van der Waals surface area contributed by atoms with E-state index in [2.05, 4.69) is 22.0 Å². The molecule has 0 spiro atoms. The normalized spacial score (nSPS) is 17.3. The van der Waals surface area contributed by atoms with E-state index < -0.39 is 0 Å². The zero-order valence-corrected chi connectivity index (χ0v) is 15.6. The van der Waals surface area contributed by atoms with Gasteiger partial charge in [-0.2, -0.15) is 0 Å². The fraction of sp³-hybridized carbons (Fsp3) is 0.500. The summed E-state index contributed by atoms with van der Waals surface area (Å²) in [5, 5.41) is 0. The molecule has 7 nitrogen and oxygen atoms in total. The summed E-state index contributed by atoms with van der Waals surface area (Å²) < 4.78 is 16.1. The van der Waals surface area contributed by atoms with Crippen LogP contribution in [0.4, 0.5) is 0 Å². The summed E-state index contributed by atoms with van der Waals surface area (Å²) in [6.07, 6.45) is 3.86. The number of carbonyl (C=O) groups excluding carboxylic acids is 1. The fourth-order valence-electron chi connectivity index (χ4n) is 3.30. The third-order valence-corrected chi connectivity index (χ3v) is 5.02. The second-order valence-corrected chi connectivity index (χ2v) is 7.02. The highest BCUT2D eigenvalue weighted by Crippen LogP contribution is 2.30. The number of methoxy groups -OCH3 is 1. The third kappa shape index (κ3) is 4.48. The van der Waals surface area contributed by atoms with Crippen molar-refractivity contribution in [2.75, 3.05) is 33.4 Å². The molecule has 0 N–H and O–H groups in total. The van der Waals surface area contributed by atoms with Gasteiger partial charge in [-0.25, -0.2) is 4.98 Å². The lowest BCUT2D eigenvalue weighted by molar-refractivity contribution is 0.0299. The summed E-state index contributed by atoms with van der Waals surface area (Å²) in [5.41, 5.74) is 1.60. The number of ether oxygens (including phenoxy) is 2. The molecule has 1 aromatic heterocycles. The Bertz CT molecular complexity index is 764. The van der Waals surface area contributed by atoms with Crippen LogP contribution in [0.2, 0.25) is 0 Å². The summed E-state index contributed by atoms with van der Waals surface area (Å²) in [5.74, 6) is 1.36. The predicted octanol–water partition coefficient (Wildman–Crippen LogP) is 2.32. The van der Waals surface area contributed by atoms with Crippen molar-refractivity contribution < 1.29 is 18.7 Å². The van der Waals surface area contributed by atoms with Crippen LogP contribution in [0.3, 0.4) is 0 Å². The van der Waals surface area contributed by atoms with Crippen molar-refractivity contribution in [3.8, 4) is 5.75 Å². The molecular formula is C20H25N3O4. The van der Waals surface area contributed by atoms with E-state index in [1.54, 1.807) is 12.0 Å². The Balaban J connectivity index is 1.40. The van der Waals surface area contributed by atoms with E-state index in [-0.39, 0.29) is 5.91 Å². The second-order valence-electron chi connectivity index (χ2n) is 7.02. The minimum Gasteiger partial charge on any atom is -0.497 e. The van der Waals surface area contributed by atoms with Crippen LogP contribution in [0.25, 0.3) is 0 Å². The van der Waals surface area contributed by atoms with Crippen LogP contribution in [-0.2, 0) is 17.8 Å². The van der Waals surface area contributed by atoms with Gasteiger partial charge in [0.25, 0.3) is 5.91 Å². The number of hydrogen-bond donors (Lipinski definition) is 0. The quantitative estimate of drug-likeness (QED) is 0.744. The van der Waals surface area contributed by atoms with Crippen molar-refractivity contribution in [3.63, 3.8) is 0 Å². The first-order valence-corrected chi connectivity index (χ1v) is 9.41. The Hall–Kier alpha value is -2.38. The van der Waals surface area contributed by atoms with Crippen LogP contribution >= 0.6 is 0 Å². The summed E-state index contributed by atoms with van der Waals surface area (Å²) >= 11 is 0. The van der Waals surface area contributed by atoms with E-state index in [0.29, 0.717) is 50.5 Å². The molecule has 1 aliphatic heterocycles. The van der Waals surface area contributed by atoms with Gasteiger partial charge in [-0.1, -0.05) is 12.1 Å². The van der Waals surface area contributed by atoms with Gasteiger partial charge >= 0.3 is 0 Å². The van der Waals surface area contributed by atoms with Gasteiger partial charge in [0.15, 0.2) is 5.69 Å². The minimum atomic E-state index is -0.0820. The number of benzene rings is 1. The molecule has 2 aromatic rings. The van der Waals surface area contributed by atoms with E-state index in [0.717, 1.165) is 12.3 Å².